The summed E-state index contributed by atoms with van der Waals surface area (Å²) in [7, 11) is 0. The van der Waals surface area contributed by atoms with E-state index in [0.29, 0.717) is 51.8 Å². The fraction of sp³-hybridized carbons (Fsp3) is 0.136. The second kappa shape index (κ2) is 9.99. The van der Waals surface area contributed by atoms with Crippen LogP contribution in [0.2, 0.25) is 15.1 Å². The number of carbonyl (C=O) groups is 1. The number of amides is 1. The lowest BCUT2D eigenvalue weighted by molar-refractivity contribution is 0.0987. The maximum absolute atomic E-state index is 13.0. The van der Waals surface area contributed by atoms with E-state index in [2.05, 4.69) is 0 Å². The Morgan fingerprint density at radius 3 is 2.17 bits per heavy atom. The maximum Gasteiger partial charge on any atom is 0.259 e. The Bertz CT molecular complexity index is 976. The summed E-state index contributed by atoms with van der Waals surface area (Å²) in [5, 5.41) is 1.45. The zero-order chi connectivity index (χ0) is 20.8. The van der Waals surface area contributed by atoms with Crippen molar-refractivity contribution in [1.82, 2.24) is 0 Å². The van der Waals surface area contributed by atoms with Crippen molar-refractivity contribution in [3.05, 3.63) is 92.9 Å². The van der Waals surface area contributed by atoms with Gasteiger partial charge in [0.15, 0.2) is 0 Å². The van der Waals surface area contributed by atoms with Crippen LogP contribution in [0.5, 0.6) is 5.75 Å². The summed E-state index contributed by atoms with van der Waals surface area (Å²) in [6, 6.07) is 19.5. The van der Waals surface area contributed by atoms with Crippen LogP contribution in [0.15, 0.2) is 66.7 Å². The van der Waals surface area contributed by atoms with Crippen molar-refractivity contribution < 1.29 is 9.53 Å². The molecule has 0 saturated heterocycles. The number of hydrogen-bond acceptors (Lipinski definition) is 3. The first kappa shape index (κ1) is 21.5. The highest BCUT2D eigenvalue weighted by Crippen LogP contribution is 2.26. The van der Waals surface area contributed by atoms with Crippen LogP contribution in [-0.2, 0) is 6.61 Å². The molecule has 0 aromatic heterocycles. The summed E-state index contributed by atoms with van der Waals surface area (Å²) in [5.74, 6) is 0.445. The van der Waals surface area contributed by atoms with Crippen LogP contribution in [0, 0.1) is 0 Å². The molecule has 29 heavy (non-hydrogen) atoms. The summed E-state index contributed by atoms with van der Waals surface area (Å²) >= 11 is 18.0. The molecular formula is C22H19Cl3N2O2. The molecule has 3 aromatic carbocycles. The van der Waals surface area contributed by atoms with Gasteiger partial charge in [0.05, 0.1) is 10.6 Å². The van der Waals surface area contributed by atoms with E-state index in [9.17, 15) is 4.79 Å². The zero-order valence-electron chi connectivity index (χ0n) is 15.4. The Labute approximate surface area is 184 Å². The van der Waals surface area contributed by atoms with E-state index in [1.165, 1.54) is 0 Å². The predicted molar refractivity (Wildman–Crippen MR) is 119 cm³/mol. The second-order valence-electron chi connectivity index (χ2n) is 6.28. The molecular weight excluding hydrogens is 431 g/mol. The van der Waals surface area contributed by atoms with Crippen molar-refractivity contribution in [2.45, 2.75) is 6.61 Å². The standard InChI is InChI=1S/C22H19Cl3N2O2/c23-16-3-1-15(2-4-16)14-29-19-8-6-18(7-9-19)27(12-11-26)22(28)20-10-5-17(24)13-21(20)25/h1-10,13H,11-12,14,26H2. The number of ether oxygens (including phenoxy) is 1. The minimum atomic E-state index is -0.244. The molecule has 3 rings (SSSR count). The summed E-state index contributed by atoms with van der Waals surface area (Å²) in [4.78, 5) is 14.6. The van der Waals surface area contributed by atoms with Gasteiger partial charge < -0.3 is 15.4 Å². The van der Waals surface area contributed by atoms with Crippen molar-refractivity contribution in [2.24, 2.45) is 5.73 Å². The first-order valence-electron chi connectivity index (χ1n) is 8.92. The quantitative estimate of drug-likeness (QED) is 0.493. The highest BCUT2D eigenvalue weighted by molar-refractivity contribution is 6.37. The fourth-order valence-corrected chi connectivity index (χ4v) is 3.37. The molecule has 1 amide bonds. The summed E-state index contributed by atoms with van der Waals surface area (Å²) in [5.41, 5.74) is 7.79. The van der Waals surface area contributed by atoms with Gasteiger partial charge in [0.1, 0.15) is 12.4 Å². The highest BCUT2D eigenvalue weighted by atomic mass is 35.5. The van der Waals surface area contributed by atoms with Crippen molar-refractivity contribution in [3.8, 4) is 5.75 Å². The van der Waals surface area contributed by atoms with E-state index in [0.717, 1.165) is 5.56 Å². The fourth-order valence-electron chi connectivity index (χ4n) is 2.75. The molecule has 0 aliphatic rings. The number of carbonyl (C=O) groups excluding carboxylic acids is 1. The van der Waals surface area contributed by atoms with Gasteiger partial charge >= 0.3 is 0 Å². The summed E-state index contributed by atoms with van der Waals surface area (Å²) in [6.07, 6.45) is 0. The smallest absolute Gasteiger partial charge is 0.259 e. The molecule has 0 heterocycles. The maximum atomic E-state index is 13.0. The Kier molecular flexibility index (Phi) is 7.40. The van der Waals surface area contributed by atoms with Gasteiger partial charge in [-0.2, -0.15) is 0 Å². The van der Waals surface area contributed by atoms with E-state index < -0.39 is 0 Å². The molecule has 3 aromatic rings. The van der Waals surface area contributed by atoms with Crippen LogP contribution in [0.1, 0.15) is 15.9 Å². The largest absolute Gasteiger partial charge is 0.489 e. The molecule has 0 aliphatic heterocycles. The van der Waals surface area contributed by atoms with Gasteiger partial charge in [-0.05, 0) is 60.2 Å². The number of halogens is 3. The molecule has 2 N–H and O–H groups in total. The monoisotopic (exact) mass is 448 g/mol. The van der Waals surface area contributed by atoms with E-state index in [4.69, 9.17) is 45.3 Å². The third kappa shape index (κ3) is 5.64. The molecule has 0 unspecified atom stereocenters. The third-order valence-corrected chi connectivity index (χ3v) is 5.03. The van der Waals surface area contributed by atoms with Crippen LogP contribution < -0.4 is 15.4 Å². The van der Waals surface area contributed by atoms with Gasteiger partial charge in [0.2, 0.25) is 0 Å². The molecule has 7 heteroatoms. The molecule has 150 valence electrons. The Balaban J connectivity index is 1.74. The number of nitrogens with zero attached hydrogens (tertiary/aromatic N) is 1. The molecule has 0 saturated carbocycles. The molecule has 0 aliphatic carbocycles. The second-order valence-corrected chi connectivity index (χ2v) is 7.56. The van der Waals surface area contributed by atoms with Crippen LogP contribution in [0.25, 0.3) is 0 Å². The molecule has 0 bridgehead atoms. The van der Waals surface area contributed by atoms with Crippen LogP contribution >= 0.6 is 34.8 Å². The first-order valence-corrected chi connectivity index (χ1v) is 10.1. The van der Waals surface area contributed by atoms with Crippen LogP contribution in [0.3, 0.4) is 0 Å². The van der Waals surface area contributed by atoms with Crippen LogP contribution in [-0.4, -0.2) is 19.0 Å². The lowest BCUT2D eigenvalue weighted by Gasteiger charge is -2.23. The van der Waals surface area contributed by atoms with Gasteiger partial charge in [0, 0.05) is 28.8 Å². The minimum absolute atomic E-state index is 0.244. The third-order valence-electron chi connectivity index (χ3n) is 4.23. The molecule has 0 radical (unpaired) electrons. The van der Waals surface area contributed by atoms with Crippen molar-refractivity contribution >= 4 is 46.4 Å². The Morgan fingerprint density at radius 2 is 1.55 bits per heavy atom. The first-order chi connectivity index (χ1) is 14.0. The van der Waals surface area contributed by atoms with E-state index in [-0.39, 0.29) is 5.91 Å². The van der Waals surface area contributed by atoms with Gasteiger partial charge in [-0.15, -0.1) is 0 Å². The number of anilines is 1. The lowest BCUT2D eigenvalue weighted by atomic mass is 10.1. The average molecular weight is 450 g/mol. The van der Waals surface area contributed by atoms with Crippen molar-refractivity contribution in [1.29, 1.82) is 0 Å². The van der Waals surface area contributed by atoms with Gasteiger partial charge in [0.25, 0.3) is 5.91 Å². The molecule has 4 nitrogen and oxygen atoms in total. The Morgan fingerprint density at radius 1 is 0.897 bits per heavy atom. The summed E-state index contributed by atoms with van der Waals surface area (Å²) < 4.78 is 5.80. The zero-order valence-corrected chi connectivity index (χ0v) is 17.7. The van der Waals surface area contributed by atoms with E-state index in [1.807, 2.05) is 48.5 Å². The average Bonchev–Trinajstić information content (AvgIpc) is 2.72. The predicted octanol–water partition coefficient (Wildman–Crippen LogP) is 5.83. The topological polar surface area (TPSA) is 55.6 Å². The highest BCUT2D eigenvalue weighted by Gasteiger charge is 2.20. The van der Waals surface area contributed by atoms with E-state index in [1.54, 1.807) is 23.1 Å². The van der Waals surface area contributed by atoms with Gasteiger partial charge in [-0.25, -0.2) is 0 Å². The molecule has 0 fully saturated rings. The molecule has 0 spiro atoms. The number of rotatable bonds is 7. The summed E-state index contributed by atoms with van der Waals surface area (Å²) in [6.45, 7) is 1.08. The minimum Gasteiger partial charge on any atom is -0.489 e. The normalized spacial score (nSPS) is 10.6. The van der Waals surface area contributed by atoms with Crippen molar-refractivity contribution in [3.63, 3.8) is 0 Å². The number of nitrogens with two attached hydrogens (primary N) is 1. The molecule has 0 atom stereocenters. The van der Waals surface area contributed by atoms with Gasteiger partial charge in [-0.1, -0.05) is 46.9 Å². The number of benzene rings is 3. The number of hydrogen-bond donors (Lipinski definition) is 1. The van der Waals surface area contributed by atoms with Gasteiger partial charge in [-0.3, -0.25) is 4.79 Å². The van der Waals surface area contributed by atoms with Crippen molar-refractivity contribution in [2.75, 3.05) is 18.0 Å². The lowest BCUT2D eigenvalue weighted by Crippen LogP contribution is -2.35. The SMILES string of the molecule is NCCN(C(=O)c1ccc(Cl)cc1Cl)c1ccc(OCc2ccc(Cl)cc2)cc1. The van der Waals surface area contributed by atoms with Crippen LogP contribution in [0.4, 0.5) is 5.69 Å². The Hall–Kier alpha value is -2.24. The van der Waals surface area contributed by atoms with E-state index >= 15 is 0 Å².